The highest BCUT2D eigenvalue weighted by atomic mass is 35.5. The molecule has 1 saturated carbocycles. The van der Waals surface area contributed by atoms with Crippen molar-refractivity contribution >= 4 is 33.7 Å². The SMILES string of the molecule is Clc1ccccc1Nc1cc2c(c3ccccc13)-c1ccccc1C21CCCCC1. The van der Waals surface area contributed by atoms with E-state index in [0.717, 1.165) is 16.4 Å². The summed E-state index contributed by atoms with van der Waals surface area (Å²) in [5.74, 6) is 0. The first-order valence-electron chi connectivity index (χ1n) is 11.0. The lowest BCUT2D eigenvalue weighted by molar-refractivity contribution is 0.353. The second-order valence-electron chi connectivity index (χ2n) is 8.69. The van der Waals surface area contributed by atoms with Gasteiger partial charge in [-0.2, -0.15) is 0 Å². The molecule has 1 fully saturated rings. The molecule has 0 radical (unpaired) electrons. The van der Waals surface area contributed by atoms with Crippen molar-refractivity contribution in [2.75, 3.05) is 5.32 Å². The minimum Gasteiger partial charge on any atom is -0.354 e. The molecule has 0 amide bonds. The van der Waals surface area contributed by atoms with Gasteiger partial charge < -0.3 is 5.32 Å². The molecule has 0 atom stereocenters. The minimum absolute atomic E-state index is 0.144. The van der Waals surface area contributed by atoms with Crippen molar-refractivity contribution in [2.45, 2.75) is 37.5 Å². The van der Waals surface area contributed by atoms with Crippen LogP contribution in [0.1, 0.15) is 43.2 Å². The molecule has 148 valence electrons. The Morgan fingerprint density at radius 3 is 2.20 bits per heavy atom. The summed E-state index contributed by atoms with van der Waals surface area (Å²) < 4.78 is 0. The predicted molar refractivity (Wildman–Crippen MR) is 128 cm³/mol. The Kier molecular flexibility index (Phi) is 4.14. The summed E-state index contributed by atoms with van der Waals surface area (Å²) in [5.41, 5.74) is 8.14. The molecule has 0 bridgehead atoms. The summed E-state index contributed by atoms with van der Waals surface area (Å²) in [6.45, 7) is 0. The summed E-state index contributed by atoms with van der Waals surface area (Å²) in [6, 6.07) is 28.3. The summed E-state index contributed by atoms with van der Waals surface area (Å²) >= 11 is 6.50. The fourth-order valence-electron chi connectivity index (χ4n) is 5.81. The van der Waals surface area contributed by atoms with Crippen LogP contribution in [0, 0.1) is 0 Å². The van der Waals surface area contributed by atoms with Crippen molar-refractivity contribution in [3.8, 4) is 11.1 Å². The highest BCUT2D eigenvalue weighted by Crippen LogP contribution is 2.58. The maximum absolute atomic E-state index is 6.50. The van der Waals surface area contributed by atoms with Gasteiger partial charge in [0.15, 0.2) is 0 Å². The van der Waals surface area contributed by atoms with Crippen molar-refractivity contribution in [3.63, 3.8) is 0 Å². The van der Waals surface area contributed by atoms with Crippen molar-refractivity contribution in [2.24, 2.45) is 0 Å². The normalized spacial score (nSPS) is 16.4. The lowest BCUT2D eigenvalue weighted by Gasteiger charge is -2.36. The van der Waals surface area contributed by atoms with Gasteiger partial charge in [-0.1, -0.05) is 91.5 Å². The smallest absolute Gasteiger partial charge is 0.0640 e. The summed E-state index contributed by atoms with van der Waals surface area (Å²) in [7, 11) is 0. The summed E-state index contributed by atoms with van der Waals surface area (Å²) in [4.78, 5) is 0. The second kappa shape index (κ2) is 6.89. The van der Waals surface area contributed by atoms with Gasteiger partial charge in [-0.15, -0.1) is 0 Å². The van der Waals surface area contributed by atoms with Gasteiger partial charge in [-0.05, 0) is 58.7 Å². The van der Waals surface area contributed by atoms with Crippen LogP contribution >= 0.6 is 11.6 Å². The van der Waals surface area contributed by atoms with Crippen LogP contribution < -0.4 is 5.32 Å². The number of anilines is 2. The Morgan fingerprint density at radius 1 is 0.667 bits per heavy atom. The topological polar surface area (TPSA) is 12.0 Å². The van der Waals surface area contributed by atoms with E-state index in [4.69, 9.17) is 11.6 Å². The first kappa shape index (κ1) is 18.0. The highest BCUT2D eigenvalue weighted by Gasteiger charge is 2.44. The van der Waals surface area contributed by atoms with E-state index in [-0.39, 0.29) is 5.41 Å². The maximum Gasteiger partial charge on any atom is 0.0640 e. The van der Waals surface area contributed by atoms with Crippen LogP contribution in [0.15, 0.2) is 78.9 Å². The zero-order valence-corrected chi connectivity index (χ0v) is 17.7. The largest absolute Gasteiger partial charge is 0.354 e. The van der Waals surface area contributed by atoms with Crippen molar-refractivity contribution in [1.82, 2.24) is 0 Å². The predicted octanol–water partition coefficient (Wildman–Crippen LogP) is 8.47. The van der Waals surface area contributed by atoms with Gasteiger partial charge in [0, 0.05) is 16.5 Å². The average molecular weight is 410 g/mol. The molecule has 30 heavy (non-hydrogen) atoms. The molecule has 4 aromatic carbocycles. The Labute approximate surface area is 182 Å². The number of nitrogens with one attached hydrogen (secondary N) is 1. The van der Waals surface area contributed by atoms with Crippen LogP contribution in [0.5, 0.6) is 0 Å². The number of hydrogen-bond acceptors (Lipinski definition) is 1. The third kappa shape index (κ3) is 2.55. The highest BCUT2D eigenvalue weighted by molar-refractivity contribution is 6.33. The molecular formula is C28H24ClN. The van der Waals surface area contributed by atoms with Gasteiger partial charge in [0.2, 0.25) is 0 Å². The van der Waals surface area contributed by atoms with Crippen molar-refractivity contribution in [1.29, 1.82) is 0 Å². The lowest BCUT2D eigenvalue weighted by atomic mass is 9.67. The van der Waals surface area contributed by atoms with E-state index in [1.54, 1.807) is 0 Å². The van der Waals surface area contributed by atoms with E-state index in [0.29, 0.717) is 0 Å². The number of para-hydroxylation sites is 1. The Morgan fingerprint density at radius 2 is 1.37 bits per heavy atom. The van der Waals surface area contributed by atoms with E-state index >= 15 is 0 Å². The fourth-order valence-corrected chi connectivity index (χ4v) is 5.99. The Hall–Kier alpha value is -2.77. The fraction of sp³-hybridized carbons (Fsp3) is 0.214. The molecule has 0 aliphatic heterocycles. The van der Waals surface area contributed by atoms with E-state index in [9.17, 15) is 0 Å². The van der Waals surface area contributed by atoms with E-state index in [1.807, 2.05) is 18.2 Å². The lowest BCUT2D eigenvalue weighted by Crippen LogP contribution is -2.28. The van der Waals surface area contributed by atoms with Crippen molar-refractivity contribution in [3.05, 3.63) is 95.0 Å². The Bertz CT molecular complexity index is 1270. The molecular weight excluding hydrogens is 386 g/mol. The molecule has 4 aromatic rings. The first-order valence-corrected chi connectivity index (χ1v) is 11.3. The van der Waals surface area contributed by atoms with Gasteiger partial charge in [0.1, 0.15) is 0 Å². The van der Waals surface area contributed by atoms with Crippen LogP contribution in [0.3, 0.4) is 0 Å². The third-order valence-electron chi connectivity index (χ3n) is 7.12. The molecule has 2 aliphatic rings. The molecule has 1 nitrogen and oxygen atoms in total. The monoisotopic (exact) mass is 409 g/mol. The number of benzene rings is 4. The molecule has 0 saturated heterocycles. The molecule has 1 N–H and O–H groups in total. The molecule has 6 rings (SSSR count). The minimum atomic E-state index is 0.144. The number of fused-ring (bicyclic) bond motifs is 7. The quantitative estimate of drug-likeness (QED) is 0.350. The number of hydrogen-bond donors (Lipinski definition) is 1. The van der Waals surface area contributed by atoms with Gasteiger partial charge >= 0.3 is 0 Å². The van der Waals surface area contributed by atoms with Gasteiger partial charge in [-0.25, -0.2) is 0 Å². The van der Waals surface area contributed by atoms with Gasteiger partial charge in [0.25, 0.3) is 0 Å². The van der Waals surface area contributed by atoms with Crippen LogP contribution in [0.4, 0.5) is 11.4 Å². The van der Waals surface area contributed by atoms with Crippen molar-refractivity contribution < 1.29 is 0 Å². The number of rotatable bonds is 2. The van der Waals surface area contributed by atoms with Gasteiger partial charge in [0.05, 0.1) is 10.7 Å². The molecule has 0 unspecified atom stereocenters. The Balaban J connectivity index is 1.65. The molecule has 0 heterocycles. The second-order valence-corrected chi connectivity index (χ2v) is 9.09. The maximum atomic E-state index is 6.50. The summed E-state index contributed by atoms with van der Waals surface area (Å²) in [5, 5.41) is 6.99. The van der Waals surface area contributed by atoms with Gasteiger partial charge in [-0.3, -0.25) is 0 Å². The van der Waals surface area contributed by atoms with E-state index in [2.05, 4.69) is 66.0 Å². The van der Waals surface area contributed by atoms with Crippen LogP contribution in [-0.2, 0) is 5.41 Å². The molecule has 2 aliphatic carbocycles. The van der Waals surface area contributed by atoms with Crippen LogP contribution in [0.2, 0.25) is 5.02 Å². The standard InChI is InChI=1S/C28H24ClN/c29-24-14-6-7-15-25(24)30-26-18-23-27(20-11-3-2-10-19(20)26)21-12-4-5-13-22(21)28(23)16-8-1-9-17-28/h2-7,10-15,18,30H,1,8-9,16-17H2. The average Bonchev–Trinajstić information content (AvgIpc) is 3.06. The summed E-state index contributed by atoms with van der Waals surface area (Å²) in [6.07, 6.45) is 6.42. The zero-order valence-electron chi connectivity index (χ0n) is 16.9. The number of halogens is 1. The van der Waals surface area contributed by atoms with Crippen LogP contribution in [-0.4, -0.2) is 0 Å². The molecule has 1 spiro atoms. The van der Waals surface area contributed by atoms with E-state index in [1.165, 1.54) is 65.1 Å². The van der Waals surface area contributed by atoms with E-state index < -0.39 is 0 Å². The first-order chi connectivity index (χ1) is 14.8. The zero-order chi connectivity index (χ0) is 20.1. The molecule has 2 heteroatoms. The van der Waals surface area contributed by atoms with Crippen LogP contribution in [0.25, 0.3) is 21.9 Å². The third-order valence-corrected chi connectivity index (χ3v) is 7.45. The molecule has 0 aromatic heterocycles.